The average molecular weight is 287 g/mol. The van der Waals surface area contributed by atoms with E-state index in [0.29, 0.717) is 21.4 Å². The number of hydrogen-bond acceptors (Lipinski definition) is 2. The molecule has 0 saturated heterocycles. The molecule has 0 heterocycles. The number of aliphatic hydroxyl groups excluding tert-OH is 1. The van der Waals surface area contributed by atoms with Gasteiger partial charge in [0.15, 0.2) is 11.6 Å². The molecule has 0 bridgehead atoms. The van der Waals surface area contributed by atoms with Crippen LogP contribution in [0, 0.1) is 5.82 Å². The first-order valence-corrected chi connectivity index (χ1v) is 5.88. The molecule has 0 aliphatic carbocycles. The minimum atomic E-state index is -0.568. The number of aliphatic hydroxyl groups is 1. The minimum Gasteiger partial charge on any atom is -0.454 e. The summed E-state index contributed by atoms with van der Waals surface area (Å²) in [5.74, 6) is -0.180. The molecule has 0 amide bonds. The van der Waals surface area contributed by atoms with Crippen molar-refractivity contribution < 1.29 is 14.2 Å². The van der Waals surface area contributed by atoms with Gasteiger partial charge < -0.3 is 9.84 Å². The Morgan fingerprint density at radius 3 is 2.22 bits per heavy atom. The third-order valence-electron chi connectivity index (χ3n) is 2.31. The number of benzene rings is 2. The van der Waals surface area contributed by atoms with Crippen molar-refractivity contribution in [3.05, 3.63) is 57.8 Å². The number of halogens is 3. The largest absolute Gasteiger partial charge is 0.454 e. The van der Waals surface area contributed by atoms with Crippen LogP contribution in [0.2, 0.25) is 10.0 Å². The molecule has 0 radical (unpaired) electrons. The lowest BCUT2D eigenvalue weighted by molar-refractivity contribution is 0.276. The SMILES string of the molecule is OCc1cc(Cl)ccc1Oc1ccc(Cl)cc1F. The van der Waals surface area contributed by atoms with Gasteiger partial charge in [-0.15, -0.1) is 0 Å². The summed E-state index contributed by atoms with van der Waals surface area (Å²) in [7, 11) is 0. The molecule has 0 spiro atoms. The fourth-order valence-corrected chi connectivity index (χ4v) is 1.80. The van der Waals surface area contributed by atoms with Crippen LogP contribution in [0.25, 0.3) is 0 Å². The minimum absolute atomic E-state index is 0.0384. The zero-order valence-electron chi connectivity index (χ0n) is 9.16. The molecule has 5 heteroatoms. The normalized spacial score (nSPS) is 10.4. The standard InChI is InChI=1S/C13H9Cl2FO2/c14-9-1-3-12(8(5-9)7-17)18-13-4-2-10(15)6-11(13)16/h1-6,17H,7H2. The second-order valence-corrected chi connectivity index (χ2v) is 4.46. The van der Waals surface area contributed by atoms with E-state index in [1.807, 2.05) is 0 Å². The topological polar surface area (TPSA) is 29.5 Å². The van der Waals surface area contributed by atoms with Gasteiger partial charge in [-0.3, -0.25) is 0 Å². The van der Waals surface area contributed by atoms with Gasteiger partial charge in [-0.1, -0.05) is 23.2 Å². The monoisotopic (exact) mass is 286 g/mol. The van der Waals surface area contributed by atoms with Crippen LogP contribution >= 0.6 is 23.2 Å². The molecule has 1 N–H and O–H groups in total. The molecule has 0 aliphatic rings. The second kappa shape index (κ2) is 5.57. The molecular formula is C13H9Cl2FO2. The molecule has 0 fully saturated rings. The molecular weight excluding hydrogens is 278 g/mol. The molecule has 2 nitrogen and oxygen atoms in total. The molecule has 0 atom stereocenters. The summed E-state index contributed by atoms with van der Waals surface area (Å²) in [6, 6.07) is 8.84. The third-order valence-corrected chi connectivity index (χ3v) is 2.78. The molecule has 0 aromatic heterocycles. The summed E-state index contributed by atoms with van der Waals surface area (Å²) < 4.78 is 18.9. The van der Waals surface area contributed by atoms with Crippen LogP contribution in [0.1, 0.15) is 5.56 Å². The fraction of sp³-hybridized carbons (Fsp3) is 0.0769. The highest BCUT2D eigenvalue weighted by Crippen LogP contribution is 2.30. The summed E-state index contributed by atoms with van der Waals surface area (Å²) in [6.07, 6.45) is 0. The Bertz CT molecular complexity index is 573. The quantitative estimate of drug-likeness (QED) is 0.905. The summed E-state index contributed by atoms with van der Waals surface area (Å²) in [5.41, 5.74) is 0.483. The maximum Gasteiger partial charge on any atom is 0.167 e. The predicted molar refractivity (Wildman–Crippen MR) is 68.9 cm³/mol. The zero-order valence-corrected chi connectivity index (χ0v) is 10.7. The molecule has 0 saturated carbocycles. The molecule has 2 aromatic rings. The van der Waals surface area contributed by atoms with Crippen molar-refractivity contribution in [3.63, 3.8) is 0 Å². The van der Waals surface area contributed by atoms with Crippen LogP contribution < -0.4 is 4.74 Å². The van der Waals surface area contributed by atoms with Crippen molar-refractivity contribution >= 4 is 23.2 Å². The molecule has 0 aliphatic heterocycles. The fourth-order valence-electron chi connectivity index (χ4n) is 1.45. The van der Waals surface area contributed by atoms with Gasteiger partial charge in [-0.25, -0.2) is 4.39 Å². The molecule has 18 heavy (non-hydrogen) atoms. The Hall–Kier alpha value is -1.29. The van der Waals surface area contributed by atoms with E-state index in [0.717, 1.165) is 6.07 Å². The lowest BCUT2D eigenvalue weighted by Crippen LogP contribution is -1.93. The number of ether oxygens (including phenoxy) is 1. The van der Waals surface area contributed by atoms with E-state index < -0.39 is 5.82 Å². The second-order valence-electron chi connectivity index (χ2n) is 3.59. The van der Waals surface area contributed by atoms with Crippen LogP contribution in [-0.4, -0.2) is 5.11 Å². The Labute approximate surface area is 114 Å². The smallest absolute Gasteiger partial charge is 0.167 e. The van der Waals surface area contributed by atoms with E-state index >= 15 is 0 Å². The third kappa shape index (κ3) is 2.93. The van der Waals surface area contributed by atoms with Crippen molar-refractivity contribution in [3.8, 4) is 11.5 Å². The van der Waals surface area contributed by atoms with E-state index in [2.05, 4.69) is 0 Å². The summed E-state index contributed by atoms with van der Waals surface area (Å²) in [4.78, 5) is 0. The number of hydrogen-bond donors (Lipinski definition) is 1. The van der Waals surface area contributed by atoms with Crippen molar-refractivity contribution in [2.24, 2.45) is 0 Å². The Morgan fingerprint density at radius 1 is 1.00 bits per heavy atom. The summed E-state index contributed by atoms with van der Waals surface area (Å²) >= 11 is 11.4. The Balaban J connectivity index is 2.33. The first-order chi connectivity index (χ1) is 8.60. The van der Waals surface area contributed by atoms with Crippen LogP contribution in [0.4, 0.5) is 4.39 Å². The van der Waals surface area contributed by atoms with Gasteiger partial charge in [0.05, 0.1) is 6.61 Å². The maximum atomic E-state index is 13.6. The van der Waals surface area contributed by atoms with E-state index in [9.17, 15) is 9.50 Å². The van der Waals surface area contributed by atoms with Gasteiger partial charge in [0.1, 0.15) is 5.75 Å². The summed E-state index contributed by atoms with van der Waals surface area (Å²) in [6.45, 7) is -0.245. The van der Waals surface area contributed by atoms with Crippen LogP contribution in [-0.2, 0) is 6.61 Å². The van der Waals surface area contributed by atoms with E-state index in [1.54, 1.807) is 18.2 Å². The molecule has 2 rings (SSSR count). The van der Waals surface area contributed by atoms with Gasteiger partial charge in [0.25, 0.3) is 0 Å². The maximum absolute atomic E-state index is 13.6. The van der Waals surface area contributed by atoms with Gasteiger partial charge >= 0.3 is 0 Å². The molecule has 94 valence electrons. The highest BCUT2D eigenvalue weighted by atomic mass is 35.5. The van der Waals surface area contributed by atoms with Crippen molar-refractivity contribution in [1.82, 2.24) is 0 Å². The van der Waals surface area contributed by atoms with Crippen LogP contribution in [0.5, 0.6) is 11.5 Å². The summed E-state index contributed by atoms with van der Waals surface area (Å²) in [5, 5.41) is 9.95. The highest BCUT2D eigenvalue weighted by Gasteiger charge is 2.09. The van der Waals surface area contributed by atoms with Gasteiger partial charge in [-0.2, -0.15) is 0 Å². The van der Waals surface area contributed by atoms with Crippen LogP contribution in [0.3, 0.4) is 0 Å². The Morgan fingerprint density at radius 2 is 1.61 bits per heavy atom. The molecule has 0 unspecified atom stereocenters. The average Bonchev–Trinajstić information content (AvgIpc) is 2.34. The van der Waals surface area contributed by atoms with E-state index in [1.165, 1.54) is 12.1 Å². The van der Waals surface area contributed by atoms with Crippen LogP contribution in [0.15, 0.2) is 36.4 Å². The van der Waals surface area contributed by atoms with Crippen molar-refractivity contribution in [1.29, 1.82) is 0 Å². The van der Waals surface area contributed by atoms with Gasteiger partial charge in [0, 0.05) is 15.6 Å². The Kier molecular flexibility index (Phi) is 4.07. The van der Waals surface area contributed by atoms with E-state index in [4.69, 9.17) is 27.9 Å². The lowest BCUT2D eigenvalue weighted by atomic mass is 10.2. The predicted octanol–water partition coefficient (Wildman–Crippen LogP) is 4.42. The lowest BCUT2D eigenvalue weighted by Gasteiger charge is -2.10. The zero-order chi connectivity index (χ0) is 13.1. The molecule has 2 aromatic carbocycles. The first-order valence-electron chi connectivity index (χ1n) is 5.12. The highest BCUT2D eigenvalue weighted by molar-refractivity contribution is 6.30. The van der Waals surface area contributed by atoms with Gasteiger partial charge in [-0.05, 0) is 36.4 Å². The number of rotatable bonds is 3. The van der Waals surface area contributed by atoms with Crippen molar-refractivity contribution in [2.75, 3.05) is 0 Å². The van der Waals surface area contributed by atoms with Crippen molar-refractivity contribution in [2.45, 2.75) is 6.61 Å². The van der Waals surface area contributed by atoms with Gasteiger partial charge in [0.2, 0.25) is 0 Å². The first kappa shape index (κ1) is 13.1. The van der Waals surface area contributed by atoms with E-state index in [-0.39, 0.29) is 12.4 Å².